The number of aromatic nitrogens is 5. The van der Waals surface area contributed by atoms with Crippen LogP contribution in [0.1, 0.15) is 18.5 Å². The Kier molecular flexibility index (Phi) is 11.2. The molecule has 1 aliphatic carbocycles. The normalized spacial score (nSPS) is 20.5. The molecule has 2 unspecified atom stereocenters. The highest BCUT2D eigenvalue weighted by Gasteiger charge is 2.54. The Morgan fingerprint density at radius 3 is 2.83 bits per heavy atom. The van der Waals surface area contributed by atoms with E-state index in [4.69, 9.17) is 9.68 Å². The molecule has 252 valence electrons. The highest BCUT2D eigenvalue weighted by Crippen LogP contribution is 2.41. The number of carboxylic acid groups (broad SMARTS) is 2. The quantitative estimate of drug-likeness (QED) is 0.0215. The van der Waals surface area contributed by atoms with Gasteiger partial charge >= 0.3 is 11.9 Å². The van der Waals surface area contributed by atoms with Gasteiger partial charge < -0.3 is 25.7 Å². The molecule has 3 atom stereocenters. The maximum Gasteiger partial charge on any atom is 0.355 e. The summed E-state index contributed by atoms with van der Waals surface area (Å²) in [6, 6.07) is -1.07. The standard InChI is InChI=1S/C26H26N10O9S3/c1-2-7-44-31-15(23(40)41)8-35-26(30-33-34-35)48-10-13-9-46-22-18(21(39)36(22)19(13)24(42)43)29-20(38)17(32-45-14-5-3-4-6-14)16-11-47-25(28-16)27-12-37/h2-3,5,8,11-12,14,18,22,31H,1,4,6-7,9-10H2,(H,29,38)(H,40,41)(H,42,43)(H,27,28,37)/t14?,18?,22-/m0/s1. The molecule has 1 fully saturated rings. The molecular weight excluding hydrogens is 693 g/mol. The predicted octanol–water partition coefficient (Wildman–Crippen LogP) is 0.258. The summed E-state index contributed by atoms with van der Waals surface area (Å²) in [5, 5.41) is 40.9. The number of fused-ring (bicyclic) bond motifs is 1. The van der Waals surface area contributed by atoms with Gasteiger partial charge in [-0.3, -0.25) is 29.6 Å². The topological polar surface area (TPSA) is 252 Å². The Balaban J connectivity index is 1.29. The van der Waals surface area contributed by atoms with Gasteiger partial charge in [-0.15, -0.1) is 34.8 Å². The average Bonchev–Trinajstić information content (AvgIpc) is 3.85. The molecule has 22 heteroatoms. The summed E-state index contributed by atoms with van der Waals surface area (Å²) in [6.45, 7) is 3.50. The van der Waals surface area contributed by atoms with Gasteiger partial charge in [0.25, 0.3) is 11.8 Å². The highest BCUT2D eigenvalue weighted by atomic mass is 32.2. The van der Waals surface area contributed by atoms with Crippen molar-refractivity contribution in [2.75, 3.05) is 23.4 Å². The molecule has 0 spiro atoms. The molecule has 2 aromatic rings. The van der Waals surface area contributed by atoms with E-state index in [2.05, 4.69) is 48.4 Å². The van der Waals surface area contributed by atoms with Crippen molar-refractivity contribution < 1.29 is 43.9 Å². The summed E-state index contributed by atoms with van der Waals surface area (Å²) in [5.41, 5.74) is 1.92. The van der Waals surface area contributed by atoms with Crippen molar-refractivity contribution in [3.05, 3.63) is 52.8 Å². The number of nitrogens with one attached hydrogen (secondary N) is 3. The Bertz CT molecular complexity index is 1740. The van der Waals surface area contributed by atoms with Gasteiger partial charge in [-0.1, -0.05) is 29.1 Å². The van der Waals surface area contributed by atoms with Crippen LogP contribution in [-0.4, -0.2) is 112 Å². The molecule has 5 rings (SSSR count). The Labute approximate surface area is 283 Å². The van der Waals surface area contributed by atoms with Crippen molar-refractivity contribution in [1.82, 2.24) is 40.9 Å². The second kappa shape index (κ2) is 15.7. The van der Waals surface area contributed by atoms with Gasteiger partial charge in [0.2, 0.25) is 11.6 Å². The number of carbonyl (C=O) groups excluding carboxylic acids is 3. The summed E-state index contributed by atoms with van der Waals surface area (Å²) in [6.07, 6.45) is 7.78. The molecule has 4 heterocycles. The second-order valence-corrected chi connectivity index (χ2v) is 12.7. The van der Waals surface area contributed by atoms with E-state index >= 15 is 0 Å². The number of thiazole rings is 1. The third kappa shape index (κ3) is 7.73. The molecule has 0 radical (unpaired) electrons. The van der Waals surface area contributed by atoms with Crippen molar-refractivity contribution in [2.24, 2.45) is 5.16 Å². The lowest BCUT2D eigenvalue weighted by molar-refractivity contribution is -0.150. The molecule has 5 N–H and O–H groups in total. The fraction of sp³-hybridized carbons (Fsp3) is 0.308. The van der Waals surface area contributed by atoms with Gasteiger partial charge in [-0.2, -0.15) is 4.68 Å². The van der Waals surface area contributed by atoms with E-state index in [0.717, 1.165) is 45.3 Å². The third-order valence-corrected chi connectivity index (χ3v) is 9.76. The lowest BCUT2D eigenvalue weighted by Crippen LogP contribution is -2.71. The van der Waals surface area contributed by atoms with E-state index in [1.54, 1.807) is 0 Å². The smallest absolute Gasteiger partial charge is 0.355 e. The van der Waals surface area contributed by atoms with E-state index in [9.17, 15) is 34.2 Å². The zero-order chi connectivity index (χ0) is 34.2. The molecule has 2 aromatic heterocycles. The summed E-state index contributed by atoms with van der Waals surface area (Å²) in [7, 11) is 0. The van der Waals surface area contributed by atoms with Crippen molar-refractivity contribution in [2.45, 2.75) is 35.5 Å². The van der Waals surface area contributed by atoms with Crippen LogP contribution in [0.4, 0.5) is 5.13 Å². The Morgan fingerprint density at radius 2 is 2.12 bits per heavy atom. The van der Waals surface area contributed by atoms with Crippen LogP contribution in [0.25, 0.3) is 6.20 Å². The molecule has 3 amide bonds. The summed E-state index contributed by atoms with van der Waals surface area (Å²) in [4.78, 5) is 77.3. The van der Waals surface area contributed by atoms with Crippen LogP contribution in [0.5, 0.6) is 0 Å². The molecule has 48 heavy (non-hydrogen) atoms. The first-order chi connectivity index (χ1) is 23.2. The number of thioether (sulfide) groups is 2. The molecular formula is C26H26N10O9S3. The maximum atomic E-state index is 13.4. The number of tetrazole rings is 1. The average molecular weight is 719 g/mol. The first-order valence-corrected chi connectivity index (χ1v) is 16.7. The van der Waals surface area contributed by atoms with Crippen molar-refractivity contribution in [1.29, 1.82) is 0 Å². The molecule has 3 aliphatic rings. The van der Waals surface area contributed by atoms with Crippen LogP contribution in [0, 0.1) is 0 Å². The van der Waals surface area contributed by atoms with Gasteiger partial charge in [0, 0.05) is 16.9 Å². The van der Waals surface area contributed by atoms with Crippen LogP contribution in [-0.2, 0) is 33.6 Å². The fourth-order valence-electron chi connectivity index (χ4n) is 4.46. The summed E-state index contributed by atoms with van der Waals surface area (Å²) in [5.74, 6) is -3.88. The molecule has 1 saturated heterocycles. The van der Waals surface area contributed by atoms with E-state index in [1.165, 1.54) is 23.2 Å². The van der Waals surface area contributed by atoms with Gasteiger partial charge in [-0.25, -0.2) is 14.6 Å². The maximum absolute atomic E-state index is 13.4. The minimum absolute atomic E-state index is 0.0284. The number of carbonyl (C=O) groups is 5. The zero-order valence-corrected chi connectivity index (χ0v) is 27.0. The van der Waals surface area contributed by atoms with Gasteiger partial charge in [0.15, 0.2) is 16.5 Å². The number of β-lactam (4-membered cyclic amide) rings is 1. The van der Waals surface area contributed by atoms with Gasteiger partial charge in [0.05, 0.1) is 12.8 Å². The lowest BCUT2D eigenvalue weighted by Gasteiger charge is -2.49. The van der Waals surface area contributed by atoms with E-state index < -0.39 is 35.2 Å². The number of rotatable bonds is 17. The minimum Gasteiger partial charge on any atom is -0.477 e. The number of aliphatic carboxylic acids is 2. The van der Waals surface area contributed by atoms with E-state index in [1.807, 2.05) is 12.2 Å². The van der Waals surface area contributed by atoms with Crippen LogP contribution in [0.15, 0.2) is 57.5 Å². The first kappa shape index (κ1) is 34.3. The lowest BCUT2D eigenvalue weighted by atomic mass is 10.0. The number of hydroxylamine groups is 1. The van der Waals surface area contributed by atoms with Crippen molar-refractivity contribution >= 4 is 82.1 Å². The zero-order valence-electron chi connectivity index (χ0n) is 24.5. The minimum atomic E-state index is -1.35. The Hall–Kier alpha value is -5.06. The number of oxime groups is 1. The van der Waals surface area contributed by atoms with Crippen LogP contribution < -0.4 is 16.1 Å². The molecule has 19 nitrogen and oxygen atoms in total. The summed E-state index contributed by atoms with van der Waals surface area (Å²) >= 11 is 3.33. The number of anilines is 1. The van der Waals surface area contributed by atoms with Crippen LogP contribution in [0.3, 0.4) is 0 Å². The SMILES string of the molecule is C=CCONC(=Cn1nnnc1SCC1=C(C(=O)O)N2C(=O)C(NC(=O)C(=NOC3C=CCC3)c3csc(NC=O)n3)[C@@H]2SC1)C(=O)O. The number of hydrogen-bond acceptors (Lipinski definition) is 16. The highest BCUT2D eigenvalue weighted by molar-refractivity contribution is 8.01. The fourth-order valence-corrected chi connectivity index (χ4v) is 7.45. The summed E-state index contributed by atoms with van der Waals surface area (Å²) < 4.78 is 1.07. The molecule has 0 bridgehead atoms. The first-order valence-electron chi connectivity index (χ1n) is 13.8. The van der Waals surface area contributed by atoms with Crippen LogP contribution in [0.2, 0.25) is 0 Å². The second-order valence-electron chi connectivity index (χ2n) is 9.75. The third-order valence-electron chi connectivity index (χ3n) is 6.63. The van der Waals surface area contributed by atoms with Crippen molar-refractivity contribution in [3.63, 3.8) is 0 Å². The molecule has 2 aliphatic heterocycles. The largest absolute Gasteiger partial charge is 0.477 e. The van der Waals surface area contributed by atoms with E-state index in [-0.39, 0.29) is 57.3 Å². The number of nitrogens with zero attached hydrogens (tertiary/aromatic N) is 7. The van der Waals surface area contributed by atoms with Gasteiger partial charge in [-0.05, 0) is 34.9 Å². The number of hydrogen-bond donors (Lipinski definition) is 5. The predicted molar refractivity (Wildman–Crippen MR) is 171 cm³/mol. The van der Waals surface area contributed by atoms with Crippen LogP contribution >= 0.6 is 34.9 Å². The Morgan fingerprint density at radius 1 is 1.29 bits per heavy atom. The monoisotopic (exact) mass is 718 g/mol. The molecule has 0 aromatic carbocycles. The number of allylic oxidation sites excluding steroid dienone is 1. The number of carboxylic acids is 2. The van der Waals surface area contributed by atoms with Gasteiger partial charge in [0.1, 0.15) is 28.9 Å². The van der Waals surface area contributed by atoms with E-state index in [0.29, 0.717) is 18.4 Å². The van der Waals surface area contributed by atoms with Crippen molar-refractivity contribution in [3.8, 4) is 0 Å². The molecule has 0 saturated carbocycles. The number of amides is 3.